The van der Waals surface area contributed by atoms with E-state index in [1.165, 1.54) is 17.7 Å². The zero-order chi connectivity index (χ0) is 11.8. The molecule has 0 unspecified atom stereocenters. The van der Waals surface area contributed by atoms with Gasteiger partial charge in [-0.25, -0.2) is 0 Å². The number of rotatable bonds is 2. The third-order valence-electron chi connectivity index (χ3n) is 3.79. The van der Waals surface area contributed by atoms with Crippen LogP contribution in [0.15, 0.2) is 24.3 Å². The second kappa shape index (κ2) is 3.99. The Kier molecular flexibility index (Phi) is 2.46. The highest BCUT2D eigenvalue weighted by atomic mass is 16.2. The second-order valence-corrected chi connectivity index (χ2v) is 4.92. The maximum Gasteiger partial charge on any atom is 0.261 e. The van der Waals surface area contributed by atoms with E-state index in [1.54, 1.807) is 12.1 Å². The highest BCUT2D eigenvalue weighted by Gasteiger charge is 2.36. The minimum atomic E-state index is -0.113. The summed E-state index contributed by atoms with van der Waals surface area (Å²) in [5.41, 5.74) is 1.13. The Hall–Kier alpha value is -1.64. The first-order valence-electron chi connectivity index (χ1n) is 6.22. The summed E-state index contributed by atoms with van der Waals surface area (Å²) >= 11 is 0. The maximum absolute atomic E-state index is 12.1. The van der Waals surface area contributed by atoms with E-state index in [0.717, 1.165) is 12.8 Å². The first-order chi connectivity index (χ1) is 8.27. The Morgan fingerprint density at radius 2 is 1.53 bits per heavy atom. The van der Waals surface area contributed by atoms with Crippen LogP contribution in [0.5, 0.6) is 0 Å². The number of carbonyl (C=O) groups is 2. The molecule has 1 fully saturated rings. The first kappa shape index (κ1) is 10.5. The van der Waals surface area contributed by atoms with Crippen molar-refractivity contribution in [1.29, 1.82) is 0 Å². The molecule has 1 saturated carbocycles. The molecule has 0 bridgehead atoms. The van der Waals surface area contributed by atoms with Gasteiger partial charge >= 0.3 is 0 Å². The molecule has 0 N–H and O–H groups in total. The molecule has 3 rings (SSSR count). The average Bonchev–Trinajstić information content (AvgIpc) is 2.94. The number of fused-ring (bicyclic) bond motifs is 1. The van der Waals surface area contributed by atoms with Crippen molar-refractivity contribution in [3.63, 3.8) is 0 Å². The highest BCUT2D eigenvalue weighted by Crippen LogP contribution is 2.29. The highest BCUT2D eigenvalue weighted by molar-refractivity contribution is 6.21. The quantitative estimate of drug-likeness (QED) is 0.730. The van der Waals surface area contributed by atoms with Crippen LogP contribution >= 0.6 is 0 Å². The van der Waals surface area contributed by atoms with Gasteiger partial charge in [0.2, 0.25) is 0 Å². The summed E-state index contributed by atoms with van der Waals surface area (Å²) in [6.07, 6.45) is 4.75. The van der Waals surface area contributed by atoms with Gasteiger partial charge in [0, 0.05) is 6.54 Å². The molecule has 1 aromatic carbocycles. The molecule has 0 spiro atoms. The number of nitrogens with zero attached hydrogens (tertiary/aromatic N) is 1. The molecule has 3 nitrogen and oxygen atoms in total. The normalized spacial score (nSPS) is 20.1. The Morgan fingerprint density at radius 1 is 1.00 bits per heavy atom. The third kappa shape index (κ3) is 1.66. The van der Waals surface area contributed by atoms with E-state index < -0.39 is 0 Å². The molecule has 88 valence electrons. The molecule has 0 aromatic heterocycles. The molecule has 1 heterocycles. The fourth-order valence-electron chi connectivity index (χ4n) is 2.86. The van der Waals surface area contributed by atoms with E-state index in [2.05, 4.69) is 0 Å². The van der Waals surface area contributed by atoms with Crippen LogP contribution in [-0.2, 0) is 0 Å². The van der Waals surface area contributed by atoms with Crippen LogP contribution in [-0.4, -0.2) is 23.3 Å². The molecule has 0 atom stereocenters. The van der Waals surface area contributed by atoms with Gasteiger partial charge in [-0.05, 0) is 30.9 Å². The van der Waals surface area contributed by atoms with E-state index in [0.29, 0.717) is 23.6 Å². The van der Waals surface area contributed by atoms with Crippen LogP contribution in [0.2, 0.25) is 0 Å². The van der Waals surface area contributed by atoms with Crippen molar-refractivity contribution in [2.45, 2.75) is 25.7 Å². The van der Waals surface area contributed by atoms with Crippen molar-refractivity contribution < 1.29 is 9.59 Å². The number of carbonyl (C=O) groups excluding carboxylic acids is 2. The van der Waals surface area contributed by atoms with Gasteiger partial charge in [0.25, 0.3) is 11.8 Å². The molecular formula is C14H15NO2. The van der Waals surface area contributed by atoms with Gasteiger partial charge < -0.3 is 0 Å². The van der Waals surface area contributed by atoms with Crippen molar-refractivity contribution in [2.24, 2.45) is 5.92 Å². The van der Waals surface area contributed by atoms with Crippen molar-refractivity contribution >= 4 is 11.8 Å². The zero-order valence-electron chi connectivity index (χ0n) is 9.69. The predicted octanol–water partition coefficient (Wildman–Crippen LogP) is 2.47. The maximum atomic E-state index is 12.1. The van der Waals surface area contributed by atoms with Crippen LogP contribution in [0, 0.1) is 5.92 Å². The lowest BCUT2D eigenvalue weighted by molar-refractivity contribution is 0.0630. The lowest BCUT2D eigenvalue weighted by Gasteiger charge is -2.18. The molecule has 2 aliphatic rings. The van der Waals surface area contributed by atoms with Gasteiger partial charge in [-0.1, -0.05) is 25.0 Å². The molecule has 2 amide bonds. The van der Waals surface area contributed by atoms with Crippen LogP contribution in [0.1, 0.15) is 46.4 Å². The van der Waals surface area contributed by atoms with E-state index in [9.17, 15) is 9.59 Å². The van der Waals surface area contributed by atoms with Gasteiger partial charge in [-0.3, -0.25) is 14.5 Å². The van der Waals surface area contributed by atoms with Crippen molar-refractivity contribution in [2.75, 3.05) is 6.54 Å². The summed E-state index contributed by atoms with van der Waals surface area (Å²) in [5, 5.41) is 0. The zero-order valence-corrected chi connectivity index (χ0v) is 9.69. The molecule has 17 heavy (non-hydrogen) atoms. The third-order valence-corrected chi connectivity index (χ3v) is 3.79. The van der Waals surface area contributed by atoms with Crippen molar-refractivity contribution in [1.82, 2.24) is 4.90 Å². The number of imide groups is 1. The Bertz CT molecular complexity index is 440. The van der Waals surface area contributed by atoms with Gasteiger partial charge in [-0.15, -0.1) is 0 Å². The predicted molar refractivity (Wildman–Crippen MR) is 63.8 cm³/mol. The largest absolute Gasteiger partial charge is 0.274 e. The van der Waals surface area contributed by atoms with Crippen LogP contribution < -0.4 is 0 Å². The minimum absolute atomic E-state index is 0.113. The molecular weight excluding hydrogens is 214 g/mol. The first-order valence-corrected chi connectivity index (χ1v) is 6.22. The summed E-state index contributed by atoms with van der Waals surface area (Å²) in [6, 6.07) is 7.10. The summed E-state index contributed by atoms with van der Waals surface area (Å²) in [6.45, 7) is 0.604. The Labute approximate surface area is 100 Å². The van der Waals surface area contributed by atoms with Gasteiger partial charge in [-0.2, -0.15) is 0 Å². The summed E-state index contributed by atoms with van der Waals surface area (Å²) < 4.78 is 0. The second-order valence-electron chi connectivity index (χ2n) is 4.92. The number of hydrogen-bond donors (Lipinski definition) is 0. The summed E-state index contributed by atoms with van der Waals surface area (Å²) in [4.78, 5) is 25.6. The van der Waals surface area contributed by atoms with Crippen LogP contribution in [0.4, 0.5) is 0 Å². The monoisotopic (exact) mass is 229 g/mol. The molecule has 0 radical (unpaired) electrons. The number of amides is 2. The smallest absolute Gasteiger partial charge is 0.261 e. The van der Waals surface area contributed by atoms with E-state index in [1.807, 2.05) is 12.1 Å². The SMILES string of the molecule is O=C1c2ccccc2C(=O)N1CC1CCCC1. The molecule has 1 aliphatic carbocycles. The average molecular weight is 229 g/mol. The Morgan fingerprint density at radius 3 is 2.06 bits per heavy atom. The lowest BCUT2D eigenvalue weighted by atomic mass is 10.1. The van der Waals surface area contributed by atoms with Crippen LogP contribution in [0.3, 0.4) is 0 Å². The lowest BCUT2D eigenvalue weighted by Crippen LogP contribution is -2.33. The Balaban J connectivity index is 1.84. The van der Waals surface area contributed by atoms with Crippen LogP contribution in [0.25, 0.3) is 0 Å². The van der Waals surface area contributed by atoms with Crippen molar-refractivity contribution in [3.8, 4) is 0 Å². The summed E-state index contributed by atoms with van der Waals surface area (Å²) in [5.74, 6) is 0.284. The molecule has 1 aliphatic heterocycles. The minimum Gasteiger partial charge on any atom is -0.274 e. The van der Waals surface area contributed by atoms with E-state index >= 15 is 0 Å². The van der Waals surface area contributed by atoms with E-state index in [4.69, 9.17) is 0 Å². The number of hydrogen-bond acceptors (Lipinski definition) is 2. The van der Waals surface area contributed by atoms with Crippen molar-refractivity contribution in [3.05, 3.63) is 35.4 Å². The molecule has 3 heteroatoms. The molecule has 0 saturated heterocycles. The summed E-state index contributed by atoms with van der Waals surface area (Å²) in [7, 11) is 0. The van der Waals surface area contributed by atoms with Gasteiger partial charge in [0.05, 0.1) is 11.1 Å². The van der Waals surface area contributed by atoms with Gasteiger partial charge in [0.15, 0.2) is 0 Å². The fraction of sp³-hybridized carbons (Fsp3) is 0.429. The van der Waals surface area contributed by atoms with Gasteiger partial charge in [0.1, 0.15) is 0 Å². The fourth-order valence-corrected chi connectivity index (χ4v) is 2.86. The molecule has 1 aromatic rings. The number of benzene rings is 1. The topological polar surface area (TPSA) is 37.4 Å². The standard InChI is InChI=1S/C14H15NO2/c16-13-11-7-3-4-8-12(11)14(17)15(13)9-10-5-1-2-6-10/h3-4,7-8,10H,1-2,5-6,9H2. The van der Waals surface area contributed by atoms with E-state index in [-0.39, 0.29) is 11.8 Å².